The molecule has 0 amide bonds. The quantitative estimate of drug-likeness (QED) is 0.878. The summed E-state index contributed by atoms with van der Waals surface area (Å²) in [5.74, 6) is 0.893. The Balaban J connectivity index is 2.12. The van der Waals surface area contributed by atoms with Crippen LogP contribution in [0.2, 0.25) is 0 Å². The van der Waals surface area contributed by atoms with E-state index in [1.807, 2.05) is 24.3 Å². The molecule has 2 heteroatoms. The van der Waals surface area contributed by atoms with Gasteiger partial charge < -0.3 is 9.84 Å². The molecule has 1 unspecified atom stereocenters. The molecular formula is C17H26O2. The van der Waals surface area contributed by atoms with E-state index < -0.39 is 5.60 Å². The van der Waals surface area contributed by atoms with E-state index in [2.05, 4.69) is 20.8 Å². The fourth-order valence-corrected chi connectivity index (χ4v) is 3.16. The summed E-state index contributed by atoms with van der Waals surface area (Å²) in [6.07, 6.45) is 5.02. The van der Waals surface area contributed by atoms with Gasteiger partial charge in [0.15, 0.2) is 0 Å². The summed E-state index contributed by atoms with van der Waals surface area (Å²) < 4.78 is 5.59. The Bertz CT molecular complexity index is 408. The number of hydrogen-bond acceptors (Lipinski definition) is 2. The van der Waals surface area contributed by atoms with Crippen LogP contribution in [0.1, 0.15) is 58.4 Å². The van der Waals surface area contributed by atoms with Gasteiger partial charge in [0.1, 0.15) is 5.75 Å². The Hall–Kier alpha value is -1.02. The van der Waals surface area contributed by atoms with Crippen LogP contribution < -0.4 is 4.74 Å². The Kier molecular flexibility index (Phi) is 4.19. The zero-order valence-corrected chi connectivity index (χ0v) is 12.4. The molecule has 106 valence electrons. The zero-order chi connectivity index (χ0) is 13.9. The number of benzene rings is 1. The standard InChI is InChI=1S/C17H26O2/c1-4-12-19-15-8-6-14(7-9-15)17(18)11-5-10-16(2,3)13-17/h6-9,18H,4-5,10-13H2,1-3H3. The Morgan fingerprint density at radius 3 is 2.42 bits per heavy atom. The average Bonchev–Trinajstić information content (AvgIpc) is 2.35. The summed E-state index contributed by atoms with van der Waals surface area (Å²) in [4.78, 5) is 0. The van der Waals surface area contributed by atoms with Gasteiger partial charge in [0.25, 0.3) is 0 Å². The minimum atomic E-state index is -0.662. The lowest BCUT2D eigenvalue weighted by Gasteiger charge is -2.42. The maximum absolute atomic E-state index is 10.9. The Morgan fingerprint density at radius 2 is 1.84 bits per heavy atom. The van der Waals surface area contributed by atoms with Gasteiger partial charge in [-0.25, -0.2) is 0 Å². The van der Waals surface area contributed by atoms with Crippen LogP contribution in [0.15, 0.2) is 24.3 Å². The van der Waals surface area contributed by atoms with E-state index in [4.69, 9.17) is 4.74 Å². The molecule has 0 heterocycles. The predicted octanol–water partition coefficient (Wildman–Crippen LogP) is 4.26. The van der Waals surface area contributed by atoms with E-state index in [0.717, 1.165) is 43.6 Å². The van der Waals surface area contributed by atoms with Gasteiger partial charge in [-0.2, -0.15) is 0 Å². The number of rotatable bonds is 4. The fourth-order valence-electron chi connectivity index (χ4n) is 3.16. The van der Waals surface area contributed by atoms with Crippen molar-refractivity contribution < 1.29 is 9.84 Å². The van der Waals surface area contributed by atoms with Gasteiger partial charge in [-0.3, -0.25) is 0 Å². The van der Waals surface area contributed by atoms with Crippen molar-refractivity contribution in [2.45, 2.75) is 58.5 Å². The molecule has 1 fully saturated rings. The van der Waals surface area contributed by atoms with Crippen LogP contribution in [-0.2, 0) is 5.60 Å². The van der Waals surface area contributed by atoms with E-state index in [9.17, 15) is 5.11 Å². The summed E-state index contributed by atoms with van der Waals surface area (Å²) in [6.45, 7) is 7.34. The highest BCUT2D eigenvalue weighted by atomic mass is 16.5. The summed E-state index contributed by atoms with van der Waals surface area (Å²) >= 11 is 0. The van der Waals surface area contributed by atoms with Crippen LogP contribution in [0.4, 0.5) is 0 Å². The van der Waals surface area contributed by atoms with Crippen LogP contribution in [0.5, 0.6) is 5.75 Å². The zero-order valence-electron chi connectivity index (χ0n) is 12.4. The molecule has 2 rings (SSSR count). The third-order valence-corrected chi connectivity index (χ3v) is 4.08. The van der Waals surface area contributed by atoms with E-state index in [0.29, 0.717) is 0 Å². The van der Waals surface area contributed by atoms with Gasteiger partial charge in [-0.05, 0) is 55.2 Å². The first-order chi connectivity index (χ1) is 8.95. The molecule has 1 atom stereocenters. The summed E-state index contributed by atoms with van der Waals surface area (Å²) in [5.41, 5.74) is 0.596. The first kappa shape index (κ1) is 14.4. The van der Waals surface area contributed by atoms with E-state index in [-0.39, 0.29) is 5.41 Å². The van der Waals surface area contributed by atoms with Gasteiger partial charge in [0.05, 0.1) is 12.2 Å². The fraction of sp³-hybridized carbons (Fsp3) is 0.647. The summed E-state index contributed by atoms with van der Waals surface area (Å²) in [7, 11) is 0. The molecule has 1 aliphatic carbocycles. The highest BCUT2D eigenvalue weighted by molar-refractivity contribution is 5.31. The molecule has 1 aliphatic rings. The first-order valence-electron chi connectivity index (χ1n) is 7.41. The molecule has 2 nitrogen and oxygen atoms in total. The number of hydrogen-bond donors (Lipinski definition) is 1. The molecule has 1 aromatic rings. The Labute approximate surface area is 116 Å². The number of aliphatic hydroxyl groups is 1. The normalized spacial score (nSPS) is 26.1. The lowest BCUT2D eigenvalue weighted by Crippen LogP contribution is -2.36. The molecule has 1 aromatic carbocycles. The third kappa shape index (κ3) is 3.50. The van der Waals surface area contributed by atoms with Crippen molar-refractivity contribution in [1.29, 1.82) is 0 Å². The van der Waals surface area contributed by atoms with Crippen molar-refractivity contribution in [2.24, 2.45) is 5.41 Å². The second-order valence-electron chi connectivity index (χ2n) is 6.60. The second kappa shape index (κ2) is 5.54. The average molecular weight is 262 g/mol. The molecule has 0 aliphatic heterocycles. The van der Waals surface area contributed by atoms with Crippen LogP contribution in [0.3, 0.4) is 0 Å². The molecule has 1 N–H and O–H groups in total. The molecule has 1 saturated carbocycles. The van der Waals surface area contributed by atoms with E-state index >= 15 is 0 Å². The van der Waals surface area contributed by atoms with Crippen molar-refractivity contribution in [3.8, 4) is 5.75 Å². The van der Waals surface area contributed by atoms with Crippen molar-refractivity contribution in [3.63, 3.8) is 0 Å². The maximum Gasteiger partial charge on any atom is 0.119 e. The van der Waals surface area contributed by atoms with E-state index in [1.54, 1.807) is 0 Å². The minimum absolute atomic E-state index is 0.227. The molecule has 0 aromatic heterocycles. The van der Waals surface area contributed by atoms with Gasteiger partial charge in [0, 0.05) is 0 Å². The predicted molar refractivity (Wildman–Crippen MR) is 78.4 cm³/mol. The van der Waals surface area contributed by atoms with Gasteiger partial charge in [-0.15, -0.1) is 0 Å². The van der Waals surface area contributed by atoms with Gasteiger partial charge >= 0.3 is 0 Å². The lowest BCUT2D eigenvalue weighted by molar-refractivity contribution is -0.0440. The van der Waals surface area contributed by atoms with Crippen molar-refractivity contribution in [3.05, 3.63) is 29.8 Å². The summed E-state index contributed by atoms with van der Waals surface area (Å²) in [6, 6.07) is 7.99. The second-order valence-corrected chi connectivity index (χ2v) is 6.60. The van der Waals surface area contributed by atoms with Gasteiger partial charge in [-0.1, -0.05) is 32.9 Å². The molecule has 0 radical (unpaired) electrons. The van der Waals surface area contributed by atoms with Crippen molar-refractivity contribution in [1.82, 2.24) is 0 Å². The SMILES string of the molecule is CCCOc1ccc(C2(O)CCCC(C)(C)C2)cc1. The van der Waals surface area contributed by atoms with Crippen LogP contribution >= 0.6 is 0 Å². The van der Waals surface area contributed by atoms with E-state index in [1.165, 1.54) is 6.42 Å². The Morgan fingerprint density at radius 1 is 1.16 bits per heavy atom. The molecular weight excluding hydrogens is 236 g/mol. The van der Waals surface area contributed by atoms with Crippen LogP contribution in [-0.4, -0.2) is 11.7 Å². The highest BCUT2D eigenvalue weighted by Gasteiger charge is 2.39. The minimum Gasteiger partial charge on any atom is -0.494 e. The molecule has 0 bridgehead atoms. The largest absolute Gasteiger partial charge is 0.494 e. The molecule has 0 saturated heterocycles. The number of ether oxygens (including phenoxy) is 1. The van der Waals surface area contributed by atoms with Crippen molar-refractivity contribution in [2.75, 3.05) is 6.61 Å². The van der Waals surface area contributed by atoms with Crippen molar-refractivity contribution >= 4 is 0 Å². The first-order valence-corrected chi connectivity index (χ1v) is 7.41. The van der Waals surface area contributed by atoms with Crippen LogP contribution in [0.25, 0.3) is 0 Å². The third-order valence-electron chi connectivity index (χ3n) is 4.08. The smallest absolute Gasteiger partial charge is 0.119 e. The van der Waals surface area contributed by atoms with Crippen LogP contribution in [0, 0.1) is 5.41 Å². The van der Waals surface area contributed by atoms with Gasteiger partial charge in [0.2, 0.25) is 0 Å². The monoisotopic (exact) mass is 262 g/mol. The molecule has 0 spiro atoms. The maximum atomic E-state index is 10.9. The topological polar surface area (TPSA) is 29.5 Å². The molecule has 19 heavy (non-hydrogen) atoms. The lowest BCUT2D eigenvalue weighted by atomic mass is 9.67. The highest BCUT2D eigenvalue weighted by Crippen LogP contribution is 2.46. The summed E-state index contributed by atoms with van der Waals surface area (Å²) in [5, 5.41) is 10.9.